The number of carbonyl (C=O) groups is 2. The molecule has 0 saturated heterocycles. The average molecular weight is 237 g/mol. The van der Waals surface area contributed by atoms with E-state index in [0.717, 1.165) is 18.4 Å². The molecule has 1 N–H and O–H groups in total. The van der Waals surface area contributed by atoms with Crippen LogP contribution in [-0.2, 0) is 4.79 Å². The number of carboxylic acids is 1. The number of carboxylic acid groups (broad SMARTS) is 1. The van der Waals surface area contributed by atoms with E-state index in [1.807, 2.05) is 0 Å². The van der Waals surface area contributed by atoms with Gasteiger partial charge in [0.2, 0.25) is 0 Å². The SMILES string of the molecule is Cc1cc(C)c(C(=O)N(CC(=O)O)C2CC2)o1. The summed E-state index contributed by atoms with van der Waals surface area (Å²) in [5.74, 6) is -0.390. The van der Waals surface area contributed by atoms with E-state index in [1.165, 1.54) is 4.90 Å². The molecule has 0 spiro atoms. The van der Waals surface area contributed by atoms with E-state index in [9.17, 15) is 9.59 Å². The molecule has 0 aliphatic heterocycles. The van der Waals surface area contributed by atoms with E-state index in [2.05, 4.69) is 0 Å². The second-order valence-corrected chi connectivity index (χ2v) is 4.43. The van der Waals surface area contributed by atoms with Crippen molar-refractivity contribution in [2.24, 2.45) is 0 Å². The average Bonchev–Trinajstić information content (AvgIpc) is 3.00. The summed E-state index contributed by atoms with van der Waals surface area (Å²) in [5, 5.41) is 8.81. The minimum Gasteiger partial charge on any atom is -0.480 e. The van der Waals surface area contributed by atoms with Gasteiger partial charge in [-0.05, 0) is 32.8 Å². The van der Waals surface area contributed by atoms with Crippen LogP contribution in [-0.4, -0.2) is 34.5 Å². The number of aliphatic carboxylic acids is 1. The molecule has 0 atom stereocenters. The van der Waals surface area contributed by atoms with E-state index in [4.69, 9.17) is 9.52 Å². The number of rotatable bonds is 4. The summed E-state index contributed by atoms with van der Waals surface area (Å²) in [4.78, 5) is 24.3. The Balaban J connectivity index is 2.21. The van der Waals surface area contributed by atoms with Crippen LogP contribution >= 0.6 is 0 Å². The van der Waals surface area contributed by atoms with Crippen LogP contribution in [0.3, 0.4) is 0 Å². The molecule has 0 radical (unpaired) electrons. The van der Waals surface area contributed by atoms with Gasteiger partial charge in [0.1, 0.15) is 12.3 Å². The van der Waals surface area contributed by atoms with Gasteiger partial charge < -0.3 is 14.4 Å². The van der Waals surface area contributed by atoms with Crippen LogP contribution in [0.2, 0.25) is 0 Å². The third kappa shape index (κ3) is 2.49. The zero-order chi connectivity index (χ0) is 12.6. The number of hydrogen-bond acceptors (Lipinski definition) is 3. The molecule has 1 heterocycles. The molecule has 2 rings (SSSR count). The van der Waals surface area contributed by atoms with Gasteiger partial charge in [-0.15, -0.1) is 0 Å². The fourth-order valence-electron chi connectivity index (χ4n) is 1.88. The van der Waals surface area contributed by atoms with Gasteiger partial charge in [0.05, 0.1) is 0 Å². The molecule has 5 heteroatoms. The highest BCUT2D eigenvalue weighted by Gasteiger charge is 2.36. The summed E-state index contributed by atoms with van der Waals surface area (Å²) in [6, 6.07) is 1.84. The molecule has 92 valence electrons. The Kier molecular flexibility index (Phi) is 2.92. The monoisotopic (exact) mass is 237 g/mol. The first kappa shape index (κ1) is 11.7. The quantitative estimate of drug-likeness (QED) is 0.863. The molecule has 1 amide bonds. The van der Waals surface area contributed by atoms with Crippen molar-refractivity contribution in [2.75, 3.05) is 6.54 Å². The first-order valence-electron chi connectivity index (χ1n) is 5.59. The molecule has 17 heavy (non-hydrogen) atoms. The Labute approximate surface area is 99.0 Å². The van der Waals surface area contributed by atoms with Crippen LogP contribution < -0.4 is 0 Å². The van der Waals surface area contributed by atoms with E-state index in [-0.39, 0.29) is 24.3 Å². The van der Waals surface area contributed by atoms with Gasteiger partial charge in [-0.2, -0.15) is 0 Å². The largest absolute Gasteiger partial charge is 0.480 e. The van der Waals surface area contributed by atoms with Crippen LogP contribution in [0.4, 0.5) is 0 Å². The third-order valence-electron chi connectivity index (χ3n) is 2.79. The molecule has 1 aromatic heterocycles. The molecule has 0 unspecified atom stereocenters. The van der Waals surface area contributed by atoms with E-state index < -0.39 is 5.97 Å². The van der Waals surface area contributed by atoms with Gasteiger partial charge in [-0.1, -0.05) is 0 Å². The van der Waals surface area contributed by atoms with Crippen molar-refractivity contribution in [3.63, 3.8) is 0 Å². The molecule has 1 fully saturated rings. The number of amides is 1. The molecule has 0 aromatic carbocycles. The Bertz CT molecular complexity index is 459. The minimum absolute atomic E-state index is 0.0587. The predicted molar refractivity (Wildman–Crippen MR) is 59.9 cm³/mol. The second kappa shape index (κ2) is 4.24. The standard InChI is InChI=1S/C12H15NO4/c1-7-5-8(2)17-11(7)12(16)13(6-10(14)15)9-3-4-9/h5,9H,3-4,6H2,1-2H3,(H,14,15). The number of hydrogen-bond donors (Lipinski definition) is 1. The second-order valence-electron chi connectivity index (χ2n) is 4.43. The summed E-state index contributed by atoms with van der Waals surface area (Å²) in [7, 11) is 0. The zero-order valence-electron chi connectivity index (χ0n) is 9.90. The van der Waals surface area contributed by atoms with E-state index in [0.29, 0.717) is 5.76 Å². The van der Waals surface area contributed by atoms with Crippen molar-refractivity contribution in [3.05, 3.63) is 23.2 Å². The molecule has 5 nitrogen and oxygen atoms in total. The zero-order valence-corrected chi connectivity index (χ0v) is 9.90. The van der Waals surface area contributed by atoms with Crippen LogP contribution in [0.5, 0.6) is 0 Å². The summed E-state index contributed by atoms with van der Waals surface area (Å²) >= 11 is 0. The van der Waals surface area contributed by atoms with E-state index in [1.54, 1.807) is 19.9 Å². The maximum atomic E-state index is 12.2. The summed E-state index contributed by atoms with van der Waals surface area (Å²) in [6.45, 7) is 3.29. The summed E-state index contributed by atoms with van der Waals surface area (Å²) in [6.07, 6.45) is 1.75. The van der Waals surface area contributed by atoms with Gasteiger partial charge in [0, 0.05) is 11.6 Å². The van der Waals surface area contributed by atoms with Crippen molar-refractivity contribution in [1.82, 2.24) is 4.90 Å². The number of carbonyl (C=O) groups excluding carboxylic acids is 1. The Morgan fingerprint density at radius 1 is 1.47 bits per heavy atom. The van der Waals surface area contributed by atoms with Crippen molar-refractivity contribution in [2.45, 2.75) is 32.7 Å². The van der Waals surface area contributed by atoms with Crippen LogP contribution in [0.1, 0.15) is 34.7 Å². The Morgan fingerprint density at radius 2 is 2.12 bits per heavy atom. The summed E-state index contributed by atoms with van der Waals surface area (Å²) < 4.78 is 5.33. The van der Waals surface area contributed by atoms with Crippen molar-refractivity contribution < 1.29 is 19.1 Å². The number of furan rings is 1. The molecule has 1 saturated carbocycles. The third-order valence-corrected chi connectivity index (χ3v) is 2.79. The Hall–Kier alpha value is -1.78. The van der Waals surface area contributed by atoms with Crippen molar-refractivity contribution in [3.8, 4) is 0 Å². The normalized spacial score (nSPS) is 14.7. The smallest absolute Gasteiger partial charge is 0.323 e. The fraction of sp³-hybridized carbons (Fsp3) is 0.500. The van der Waals surface area contributed by atoms with Crippen molar-refractivity contribution >= 4 is 11.9 Å². The Morgan fingerprint density at radius 3 is 2.53 bits per heavy atom. The minimum atomic E-state index is -0.994. The molecule has 0 bridgehead atoms. The number of aryl methyl sites for hydroxylation is 2. The lowest BCUT2D eigenvalue weighted by molar-refractivity contribution is -0.137. The van der Waals surface area contributed by atoms with Gasteiger partial charge in [0.25, 0.3) is 5.91 Å². The summed E-state index contributed by atoms with van der Waals surface area (Å²) in [5.41, 5.74) is 0.753. The maximum absolute atomic E-state index is 12.2. The lowest BCUT2D eigenvalue weighted by Crippen LogP contribution is -2.37. The topological polar surface area (TPSA) is 70.8 Å². The first-order valence-corrected chi connectivity index (χ1v) is 5.59. The highest BCUT2D eigenvalue weighted by atomic mass is 16.4. The highest BCUT2D eigenvalue weighted by molar-refractivity contribution is 5.95. The molecular weight excluding hydrogens is 222 g/mol. The molecular formula is C12H15NO4. The van der Waals surface area contributed by atoms with Crippen LogP contribution in [0.25, 0.3) is 0 Å². The lowest BCUT2D eigenvalue weighted by Gasteiger charge is -2.19. The fourth-order valence-corrected chi connectivity index (χ4v) is 1.88. The predicted octanol–water partition coefficient (Wildman–Crippen LogP) is 1.59. The maximum Gasteiger partial charge on any atom is 0.323 e. The highest BCUT2D eigenvalue weighted by Crippen LogP contribution is 2.29. The van der Waals surface area contributed by atoms with Crippen LogP contribution in [0, 0.1) is 13.8 Å². The molecule has 1 aliphatic carbocycles. The molecule has 1 aromatic rings. The lowest BCUT2D eigenvalue weighted by atomic mass is 10.2. The first-order chi connectivity index (χ1) is 7.99. The van der Waals surface area contributed by atoms with Gasteiger partial charge in [-0.3, -0.25) is 9.59 Å². The van der Waals surface area contributed by atoms with Gasteiger partial charge in [-0.25, -0.2) is 0 Å². The van der Waals surface area contributed by atoms with Crippen molar-refractivity contribution in [1.29, 1.82) is 0 Å². The molecule has 1 aliphatic rings. The van der Waals surface area contributed by atoms with Gasteiger partial charge >= 0.3 is 5.97 Å². The number of nitrogens with zero attached hydrogens (tertiary/aromatic N) is 1. The van der Waals surface area contributed by atoms with Gasteiger partial charge in [0.15, 0.2) is 5.76 Å². The van der Waals surface area contributed by atoms with Crippen LogP contribution in [0.15, 0.2) is 10.5 Å². The van der Waals surface area contributed by atoms with E-state index >= 15 is 0 Å².